The highest BCUT2D eigenvalue weighted by Crippen LogP contribution is 2.16. The highest BCUT2D eigenvalue weighted by molar-refractivity contribution is 5.72. The molecule has 0 atom stereocenters. The third kappa shape index (κ3) is 2.65. The van der Waals surface area contributed by atoms with Gasteiger partial charge in [0.05, 0.1) is 5.52 Å². The molecule has 2 aromatic carbocycles. The summed E-state index contributed by atoms with van der Waals surface area (Å²) in [6.07, 6.45) is 1.72. The monoisotopic (exact) mass is 268 g/mol. The second kappa shape index (κ2) is 5.35. The average Bonchev–Trinajstić information content (AvgIpc) is 2.81. The maximum atomic E-state index is 11.1. The number of benzene rings is 2. The van der Waals surface area contributed by atoms with E-state index in [0.29, 0.717) is 12.1 Å². The third-order valence-electron chi connectivity index (χ3n) is 3.35. The molecule has 20 heavy (non-hydrogen) atoms. The highest BCUT2D eigenvalue weighted by Gasteiger charge is 2.03. The Morgan fingerprint density at radius 1 is 1.00 bits per heavy atom. The predicted octanol–water partition coefficient (Wildman–Crippen LogP) is 2.21. The van der Waals surface area contributed by atoms with Crippen molar-refractivity contribution in [3.63, 3.8) is 0 Å². The van der Waals surface area contributed by atoms with E-state index < -0.39 is 5.76 Å². The summed E-state index contributed by atoms with van der Waals surface area (Å²) in [4.78, 5) is 13.8. The number of hydrogen-bond acceptors (Lipinski definition) is 3. The van der Waals surface area contributed by atoms with Gasteiger partial charge >= 0.3 is 5.76 Å². The van der Waals surface area contributed by atoms with Crippen molar-refractivity contribution in [3.05, 3.63) is 69.7 Å². The molecule has 0 amide bonds. The van der Waals surface area contributed by atoms with Crippen molar-refractivity contribution in [2.24, 2.45) is 5.73 Å². The lowest BCUT2D eigenvalue weighted by Crippen LogP contribution is -2.02. The number of nitrogens with one attached hydrogen (secondary N) is 1. The molecule has 3 aromatic rings. The molecule has 0 aliphatic carbocycles. The van der Waals surface area contributed by atoms with Crippen LogP contribution in [0.15, 0.2) is 51.7 Å². The zero-order valence-electron chi connectivity index (χ0n) is 11.1. The number of nitrogens with two attached hydrogens (primary N) is 1. The molecule has 3 rings (SSSR count). The molecule has 0 unspecified atom stereocenters. The molecule has 0 saturated heterocycles. The lowest BCUT2D eigenvalue weighted by molar-refractivity contribution is 0.555. The number of hydrogen-bond donors (Lipinski definition) is 2. The van der Waals surface area contributed by atoms with Crippen LogP contribution in [0, 0.1) is 0 Å². The molecule has 4 nitrogen and oxygen atoms in total. The minimum absolute atomic E-state index is 0.414. The van der Waals surface area contributed by atoms with Gasteiger partial charge in [-0.25, -0.2) is 4.79 Å². The third-order valence-corrected chi connectivity index (χ3v) is 3.35. The van der Waals surface area contributed by atoms with Gasteiger partial charge in [0.25, 0.3) is 0 Å². The average molecular weight is 268 g/mol. The van der Waals surface area contributed by atoms with Crippen LogP contribution in [0.2, 0.25) is 0 Å². The number of aromatic nitrogens is 1. The first-order valence-corrected chi connectivity index (χ1v) is 6.64. The zero-order valence-corrected chi connectivity index (χ0v) is 11.1. The van der Waals surface area contributed by atoms with Crippen LogP contribution in [-0.2, 0) is 12.8 Å². The summed E-state index contributed by atoms with van der Waals surface area (Å²) in [5.74, 6) is -0.414. The van der Waals surface area contributed by atoms with Crippen molar-refractivity contribution in [3.8, 4) is 0 Å². The Morgan fingerprint density at radius 3 is 2.45 bits per heavy atom. The molecule has 0 saturated carbocycles. The van der Waals surface area contributed by atoms with Gasteiger partial charge in [-0.05, 0) is 48.2 Å². The topological polar surface area (TPSA) is 72.0 Å². The molecule has 0 bridgehead atoms. The molecule has 3 N–H and O–H groups in total. The first-order chi connectivity index (χ1) is 9.74. The number of oxazole rings is 1. The van der Waals surface area contributed by atoms with Gasteiger partial charge in [0.2, 0.25) is 0 Å². The summed E-state index contributed by atoms with van der Waals surface area (Å²) < 4.78 is 5.07. The zero-order chi connectivity index (χ0) is 13.9. The number of H-pyrrole nitrogens is 1. The van der Waals surface area contributed by atoms with E-state index in [4.69, 9.17) is 10.2 Å². The Bertz CT molecular complexity index is 769. The van der Waals surface area contributed by atoms with Crippen molar-refractivity contribution in [2.75, 3.05) is 6.54 Å². The van der Waals surface area contributed by atoms with Crippen LogP contribution in [0.1, 0.15) is 16.7 Å². The van der Waals surface area contributed by atoms with Crippen molar-refractivity contribution in [1.82, 2.24) is 4.98 Å². The van der Waals surface area contributed by atoms with E-state index in [-0.39, 0.29) is 0 Å². The maximum Gasteiger partial charge on any atom is 0.417 e. The molecule has 0 radical (unpaired) electrons. The molecule has 0 fully saturated rings. The van der Waals surface area contributed by atoms with Gasteiger partial charge in [-0.3, -0.25) is 4.98 Å². The molecule has 1 heterocycles. The molecule has 4 heteroatoms. The van der Waals surface area contributed by atoms with E-state index >= 15 is 0 Å². The molecule has 0 aliphatic rings. The van der Waals surface area contributed by atoms with Gasteiger partial charge in [0, 0.05) is 0 Å². The Morgan fingerprint density at radius 2 is 1.70 bits per heavy atom. The molecular weight excluding hydrogens is 252 g/mol. The maximum absolute atomic E-state index is 11.1. The molecule has 0 spiro atoms. The summed E-state index contributed by atoms with van der Waals surface area (Å²) in [5, 5.41) is 0. The Kier molecular flexibility index (Phi) is 3.39. The van der Waals surface area contributed by atoms with Crippen LogP contribution in [-0.4, -0.2) is 11.5 Å². The quantitative estimate of drug-likeness (QED) is 0.762. The highest BCUT2D eigenvalue weighted by atomic mass is 16.4. The van der Waals surface area contributed by atoms with E-state index in [1.807, 2.05) is 18.2 Å². The van der Waals surface area contributed by atoms with E-state index in [0.717, 1.165) is 23.9 Å². The van der Waals surface area contributed by atoms with Crippen LogP contribution in [0.25, 0.3) is 11.1 Å². The standard InChI is InChI=1S/C16H16N2O2/c17-8-7-11-1-3-12(4-2-11)9-13-5-6-14-15(10-13)20-16(19)18-14/h1-6,10H,7-9,17H2,(H,18,19). The van der Waals surface area contributed by atoms with Crippen molar-refractivity contribution < 1.29 is 4.42 Å². The van der Waals surface area contributed by atoms with E-state index in [1.165, 1.54) is 11.1 Å². The first-order valence-electron chi connectivity index (χ1n) is 6.64. The van der Waals surface area contributed by atoms with Gasteiger partial charge in [0.1, 0.15) is 0 Å². The summed E-state index contributed by atoms with van der Waals surface area (Å²) in [6.45, 7) is 0.669. The van der Waals surface area contributed by atoms with E-state index in [9.17, 15) is 4.79 Å². The number of aromatic amines is 1. The molecule has 1 aromatic heterocycles. The van der Waals surface area contributed by atoms with Gasteiger partial charge in [-0.15, -0.1) is 0 Å². The second-order valence-corrected chi connectivity index (χ2v) is 4.88. The Labute approximate surface area is 116 Å². The molecular formula is C16H16N2O2. The van der Waals surface area contributed by atoms with Crippen molar-refractivity contribution in [1.29, 1.82) is 0 Å². The van der Waals surface area contributed by atoms with Crippen LogP contribution in [0.5, 0.6) is 0 Å². The summed E-state index contributed by atoms with van der Waals surface area (Å²) >= 11 is 0. The lowest BCUT2D eigenvalue weighted by atomic mass is 10.0. The van der Waals surface area contributed by atoms with Crippen molar-refractivity contribution >= 4 is 11.1 Å². The van der Waals surface area contributed by atoms with E-state index in [1.54, 1.807) is 0 Å². The van der Waals surface area contributed by atoms with Crippen LogP contribution in [0.4, 0.5) is 0 Å². The van der Waals surface area contributed by atoms with Gasteiger partial charge in [-0.2, -0.15) is 0 Å². The molecule has 102 valence electrons. The van der Waals surface area contributed by atoms with Crippen molar-refractivity contribution in [2.45, 2.75) is 12.8 Å². The smallest absolute Gasteiger partial charge is 0.408 e. The SMILES string of the molecule is NCCc1ccc(Cc2ccc3[nH]c(=O)oc3c2)cc1. The molecule has 0 aliphatic heterocycles. The summed E-state index contributed by atoms with van der Waals surface area (Å²) in [7, 11) is 0. The fourth-order valence-corrected chi connectivity index (χ4v) is 2.33. The summed E-state index contributed by atoms with van der Waals surface area (Å²) in [5.41, 5.74) is 10.5. The Hall–Kier alpha value is -2.33. The van der Waals surface area contributed by atoms with Crippen LogP contribution < -0.4 is 11.5 Å². The minimum atomic E-state index is -0.414. The van der Waals surface area contributed by atoms with Gasteiger partial charge in [0.15, 0.2) is 5.58 Å². The predicted molar refractivity (Wildman–Crippen MR) is 78.8 cm³/mol. The van der Waals surface area contributed by atoms with Gasteiger partial charge < -0.3 is 10.2 Å². The normalized spacial score (nSPS) is 11.1. The second-order valence-electron chi connectivity index (χ2n) is 4.88. The number of rotatable bonds is 4. The minimum Gasteiger partial charge on any atom is -0.408 e. The van der Waals surface area contributed by atoms with E-state index in [2.05, 4.69) is 29.2 Å². The Balaban J connectivity index is 1.82. The largest absolute Gasteiger partial charge is 0.417 e. The summed E-state index contributed by atoms with van der Waals surface area (Å²) in [6, 6.07) is 14.2. The fraction of sp³-hybridized carbons (Fsp3) is 0.188. The van der Waals surface area contributed by atoms with Crippen LogP contribution >= 0.6 is 0 Å². The number of fused-ring (bicyclic) bond motifs is 1. The fourth-order valence-electron chi connectivity index (χ4n) is 2.33. The first kappa shape index (κ1) is 12.7. The van der Waals surface area contributed by atoms with Crippen LogP contribution in [0.3, 0.4) is 0 Å². The van der Waals surface area contributed by atoms with Gasteiger partial charge in [-0.1, -0.05) is 30.3 Å². The lowest BCUT2D eigenvalue weighted by Gasteiger charge is -2.04.